The summed E-state index contributed by atoms with van der Waals surface area (Å²) >= 11 is 0. The van der Waals surface area contributed by atoms with Crippen molar-refractivity contribution in [1.82, 2.24) is 15.1 Å². The maximum Gasteiger partial charge on any atom is 0.346 e. The number of nitrogens with zero attached hydrogens (tertiary/aromatic N) is 3. The van der Waals surface area contributed by atoms with Gasteiger partial charge in [0, 0.05) is 31.8 Å². The lowest BCUT2D eigenvalue weighted by Crippen LogP contribution is -2.65. The number of carbonyl (C=O) groups excluding carboxylic acids is 1. The molecule has 6 nitrogen and oxygen atoms in total. The average Bonchev–Trinajstić information content (AvgIpc) is 3.38. The number of ether oxygens (including phenoxy) is 1. The van der Waals surface area contributed by atoms with Gasteiger partial charge >= 0.3 is 6.03 Å². The van der Waals surface area contributed by atoms with Crippen molar-refractivity contribution in [2.24, 2.45) is 4.99 Å². The summed E-state index contributed by atoms with van der Waals surface area (Å²) in [5, 5.41) is 3.78. The Labute approximate surface area is 186 Å². The highest BCUT2D eigenvalue weighted by Gasteiger charge is 2.55. The van der Waals surface area contributed by atoms with Gasteiger partial charge in [0.25, 0.3) is 0 Å². The zero-order chi connectivity index (χ0) is 21.3. The maximum atomic E-state index is 13.2. The molecule has 1 saturated carbocycles. The highest BCUT2D eigenvalue weighted by molar-refractivity contribution is 6.07. The minimum Gasteiger partial charge on any atom is -0.379 e. The minimum atomic E-state index is -0.306. The number of nitrogens with one attached hydrogen (secondary N) is 1. The molecule has 5 rings (SSSR count). The van der Waals surface area contributed by atoms with E-state index in [1.165, 1.54) is 37.7 Å². The van der Waals surface area contributed by atoms with Crippen LogP contribution in [0.5, 0.6) is 0 Å². The Hall–Kier alpha value is -1.92. The zero-order valence-electron chi connectivity index (χ0n) is 18.8. The fourth-order valence-corrected chi connectivity index (χ4v) is 6.14. The Morgan fingerprint density at radius 3 is 2.68 bits per heavy atom. The van der Waals surface area contributed by atoms with E-state index < -0.39 is 0 Å². The summed E-state index contributed by atoms with van der Waals surface area (Å²) in [4.78, 5) is 22.5. The molecule has 2 amide bonds. The molecule has 4 aliphatic rings. The number of rotatable bonds is 4. The molecule has 2 saturated heterocycles. The highest BCUT2D eigenvalue weighted by Crippen LogP contribution is 2.41. The SMILES string of the molecule is C[C@@H]1C[C@@]2(CCN1Cc1ccccc1)C(NC1CCCCC1)=NC(=O)N2C1CCOC1. The second kappa shape index (κ2) is 8.91. The molecule has 1 aromatic rings. The van der Waals surface area contributed by atoms with Gasteiger partial charge in [-0.3, -0.25) is 4.90 Å². The lowest BCUT2D eigenvalue weighted by molar-refractivity contribution is 0.0374. The Bertz CT molecular complexity index is 801. The molecule has 3 fully saturated rings. The van der Waals surface area contributed by atoms with Gasteiger partial charge in [-0.05, 0) is 44.6 Å². The van der Waals surface area contributed by atoms with Crippen LogP contribution >= 0.6 is 0 Å². The first-order valence-electron chi connectivity index (χ1n) is 12.2. The molecule has 0 aromatic heterocycles. The van der Waals surface area contributed by atoms with Gasteiger partial charge in [0.2, 0.25) is 0 Å². The highest BCUT2D eigenvalue weighted by atomic mass is 16.5. The number of piperidine rings is 1. The number of likely N-dealkylation sites (tertiary alicyclic amines) is 1. The van der Waals surface area contributed by atoms with Gasteiger partial charge in [-0.15, -0.1) is 0 Å². The van der Waals surface area contributed by atoms with E-state index in [2.05, 4.69) is 57.4 Å². The Morgan fingerprint density at radius 1 is 1.16 bits per heavy atom. The van der Waals surface area contributed by atoms with Crippen molar-refractivity contribution in [3.8, 4) is 0 Å². The van der Waals surface area contributed by atoms with E-state index in [0.29, 0.717) is 18.7 Å². The van der Waals surface area contributed by atoms with Crippen molar-refractivity contribution in [2.75, 3.05) is 19.8 Å². The molecule has 168 valence electrons. The first kappa shape index (κ1) is 21.0. The summed E-state index contributed by atoms with van der Waals surface area (Å²) in [5.41, 5.74) is 1.04. The van der Waals surface area contributed by atoms with Gasteiger partial charge in [0.05, 0.1) is 12.6 Å². The van der Waals surface area contributed by atoms with Crippen molar-refractivity contribution in [2.45, 2.75) is 88.5 Å². The van der Waals surface area contributed by atoms with Gasteiger partial charge in [0.1, 0.15) is 11.4 Å². The van der Waals surface area contributed by atoms with E-state index in [9.17, 15) is 4.79 Å². The van der Waals surface area contributed by atoms with Crippen LogP contribution in [-0.2, 0) is 11.3 Å². The molecular formula is C25H36N4O2. The Balaban J connectivity index is 1.38. The van der Waals surface area contributed by atoms with E-state index in [0.717, 1.165) is 44.8 Å². The van der Waals surface area contributed by atoms with Crippen LogP contribution in [-0.4, -0.2) is 65.1 Å². The van der Waals surface area contributed by atoms with E-state index in [4.69, 9.17) is 4.74 Å². The monoisotopic (exact) mass is 424 g/mol. The molecule has 6 heteroatoms. The third kappa shape index (κ3) is 4.12. The molecule has 3 heterocycles. The van der Waals surface area contributed by atoms with Gasteiger partial charge < -0.3 is 15.0 Å². The van der Waals surface area contributed by atoms with Crippen molar-refractivity contribution in [3.63, 3.8) is 0 Å². The number of hydrogen-bond acceptors (Lipinski definition) is 4. The van der Waals surface area contributed by atoms with Crippen LogP contribution in [0.1, 0.15) is 63.9 Å². The van der Waals surface area contributed by atoms with Crippen LogP contribution in [0.4, 0.5) is 4.79 Å². The van der Waals surface area contributed by atoms with Crippen LogP contribution in [0.15, 0.2) is 35.3 Å². The number of urea groups is 1. The lowest BCUT2D eigenvalue weighted by Gasteiger charge is -2.50. The second-order valence-corrected chi connectivity index (χ2v) is 9.90. The summed E-state index contributed by atoms with van der Waals surface area (Å²) in [6.45, 7) is 5.63. The van der Waals surface area contributed by atoms with Crippen molar-refractivity contribution in [3.05, 3.63) is 35.9 Å². The number of benzene rings is 1. The number of carbonyl (C=O) groups is 1. The number of amidine groups is 1. The molecule has 1 spiro atoms. The van der Waals surface area contributed by atoms with Crippen LogP contribution in [0.3, 0.4) is 0 Å². The Kier molecular flexibility index (Phi) is 6.02. The van der Waals surface area contributed by atoms with Crippen molar-refractivity contribution in [1.29, 1.82) is 0 Å². The molecule has 3 atom stereocenters. The standard InChI is InChI=1S/C25H36N4O2/c1-19-16-25(13-14-28(19)17-20-8-4-2-5-9-20)23(26-21-10-6-3-7-11-21)27-24(30)29(25)22-12-15-31-18-22/h2,4-5,8-9,19,21-22H,3,6-7,10-18H2,1H3,(H,26,27,30)/t19-,22?,25+/m1/s1. The van der Waals surface area contributed by atoms with E-state index >= 15 is 0 Å². The Morgan fingerprint density at radius 2 is 1.97 bits per heavy atom. The summed E-state index contributed by atoms with van der Waals surface area (Å²) in [6.07, 6.45) is 9.02. The molecule has 1 aromatic carbocycles. The average molecular weight is 425 g/mol. The smallest absolute Gasteiger partial charge is 0.346 e. The number of hydrogen-bond donors (Lipinski definition) is 1. The van der Waals surface area contributed by atoms with Gasteiger partial charge in [-0.1, -0.05) is 49.6 Å². The predicted octanol–water partition coefficient (Wildman–Crippen LogP) is 3.96. The molecule has 1 unspecified atom stereocenters. The quantitative estimate of drug-likeness (QED) is 0.795. The summed E-state index contributed by atoms with van der Waals surface area (Å²) < 4.78 is 5.69. The fourth-order valence-electron chi connectivity index (χ4n) is 6.14. The zero-order valence-corrected chi connectivity index (χ0v) is 18.8. The molecule has 3 aliphatic heterocycles. The van der Waals surface area contributed by atoms with Crippen LogP contribution in [0.25, 0.3) is 0 Å². The molecule has 1 N–H and O–H groups in total. The minimum absolute atomic E-state index is 0.0579. The summed E-state index contributed by atoms with van der Waals surface area (Å²) in [5.74, 6) is 0.947. The molecule has 31 heavy (non-hydrogen) atoms. The van der Waals surface area contributed by atoms with Gasteiger partial charge in [0.15, 0.2) is 0 Å². The fraction of sp³-hybridized carbons (Fsp3) is 0.680. The number of aliphatic imine (C=N–C) groups is 1. The normalized spacial score (nSPS) is 32.6. The van der Waals surface area contributed by atoms with Crippen molar-refractivity contribution < 1.29 is 9.53 Å². The van der Waals surface area contributed by atoms with E-state index in [1.807, 2.05) is 0 Å². The lowest BCUT2D eigenvalue weighted by atomic mass is 9.79. The third-order valence-corrected chi connectivity index (χ3v) is 7.83. The largest absolute Gasteiger partial charge is 0.379 e. The molecule has 0 bridgehead atoms. The first-order chi connectivity index (χ1) is 15.2. The van der Waals surface area contributed by atoms with E-state index in [1.54, 1.807) is 0 Å². The van der Waals surface area contributed by atoms with Crippen LogP contribution < -0.4 is 5.32 Å². The first-order valence-corrected chi connectivity index (χ1v) is 12.2. The summed E-state index contributed by atoms with van der Waals surface area (Å²) in [6, 6.07) is 11.6. The van der Waals surface area contributed by atoms with Crippen molar-refractivity contribution >= 4 is 11.9 Å². The third-order valence-electron chi connectivity index (χ3n) is 7.83. The summed E-state index contributed by atoms with van der Waals surface area (Å²) in [7, 11) is 0. The van der Waals surface area contributed by atoms with Crippen LogP contribution in [0.2, 0.25) is 0 Å². The predicted molar refractivity (Wildman–Crippen MR) is 122 cm³/mol. The van der Waals surface area contributed by atoms with E-state index in [-0.39, 0.29) is 17.6 Å². The molecule has 0 radical (unpaired) electrons. The van der Waals surface area contributed by atoms with Crippen LogP contribution in [0, 0.1) is 0 Å². The number of amides is 2. The van der Waals surface area contributed by atoms with Gasteiger partial charge in [-0.2, -0.15) is 4.99 Å². The second-order valence-electron chi connectivity index (χ2n) is 9.90. The van der Waals surface area contributed by atoms with Gasteiger partial charge in [-0.25, -0.2) is 4.79 Å². The molecular weight excluding hydrogens is 388 g/mol. The topological polar surface area (TPSA) is 57.2 Å². The molecule has 1 aliphatic carbocycles. The maximum absolute atomic E-state index is 13.2.